The van der Waals surface area contributed by atoms with Gasteiger partial charge in [-0.3, -0.25) is 9.13 Å². The summed E-state index contributed by atoms with van der Waals surface area (Å²) in [5.74, 6) is 0.325. The van der Waals surface area contributed by atoms with Crippen LogP contribution < -0.4 is 16.7 Å². The number of nitrogens with two attached hydrogens (primary N) is 1. The van der Waals surface area contributed by atoms with Crippen molar-refractivity contribution in [3.63, 3.8) is 0 Å². The minimum atomic E-state index is -0.0974. The largest absolute Gasteiger partial charge is 0.382 e. The molecule has 30 heavy (non-hydrogen) atoms. The van der Waals surface area contributed by atoms with Crippen LogP contribution in [0.1, 0.15) is 31.7 Å². The molecule has 0 spiro atoms. The lowest BCUT2D eigenvalue weighted by Crippen LogP contribution is -2.47. The van der Waals surface area contributed by atoms with Crippen LogP contribution in [0, 0.1) is 0 Å². The molecule has 8 nitrogen and oxygen atoms in total. The van der Waals surface area contributed by atoms with Crippen LogP contribution in [0.2, 0.25) is 0 Å². The number of hydrogen-bond acceptors (Lipinski definition) is 6. The summed E-state index contributed by atoms with van der Waals surface area (Å²) in [4.78, 5) is 24.8. The molecule has 2 aliphatic heterocycles. The molecule has 0 aliphatic carbocycles. The first-order chi connectivity index (χ1) is 14.6. The minimum absolute atomic E-state index is 0.0974. The van der Waals surface area contributed by atoms with E-state index in [1.807, 2.05) is 28.8 Å². The van der Waals surface area contributed by atoms with Crippen LogP contribution in [0.3, 0.4) is 0 Å². The Morgan fingerprint density at radius 1 is 1.00 bits per heavy atom. The van der Waals surface area contributed by atoms with E-state index in [-0.39, 0.29) is 11.7 Å². The van der Waals surface area contributed by atoms with E-state index in [9.17, 15) is 4.79 Å². The van der Waals surface area contributed by atoms with Crippen LogP contribution in [0.25, 0.3) is 16.9 Å². The van der Waals surface area contributed by atoms with Crippen LogP contribution in [0.15, 0.2) is 39.9 Å². The fourth-order valence-corrected chi connectivity index (χ4v) is 5.17. The van der Waals surface area contributed by atoms with Crippen molar-refractivity contribution in [3.8, 4) is 5.69 Å². The summed E-state index contributed by atoms with van der Waals surface area (Å²) in [6, 6.07) is 8.42. The molecule has 3 N–H and O–H groups in total. The second-order valence-corrected chi connectivity index (χ2v) is 9.06. The van der Waals surface area contributed by atoms with E-state index in [0.717, 1.165) is 49.2 Å². The minimum Gasteiger partial charge on any atom is -0.382 e. The lowest BCUT2D eigenvalue weighted by atomic mass is 9.98. The first-order valence-electron chi connectivity index (χ1n) is 10.6. The predicted octanol–water partition coefficient (Wildman–Crippen LogP) is 2.32. The molecule has 2 aliphatic rings. The van der Waals surface area contributed by atoms with Gasteiger partial charge in [0.2, 0.25) is 0 Å². The van der Waals surface area contributed by atoms with Gasteiger partial charge in [-0.2, -0.15) is 0 Å². The number of imidazole rings is 1. The van der Waals surface area contributed by atoms with Gasteiger partial charge < -0.3 is 16.0 Å². The third kappa shape index (κ3) is 3.44. The molecule has 2 fully saturated rings. The van der Waals surface area contributed by atoms with E-state index in [0.29, 0.717) is 23.0 Å². The summed E-state index contributed by atoms with van der Waals surface area (Å²) in [5.41, 5.74) is 8.08. The fourth-order valence-electron chi connectivity index (χ4n) is 4.91. The van der Waals surface area contributed by atoms with E-state index < -0.39 is 0 Å². The van der Waals surface area contributed by atoms with E-state index in [2.05, 4.69) is 36.1 Å². The molecule has 158 valence electrons. The summed E-state index contributed by atoms with van der Waals surface area (Å²) in [6.45, 7) is 4.21. The third-order valence-corrected chi connectivity index (χ3v) is 6.98. The van der Waals surface area contributed by atoms with Crippen LogP contribution in [0.5, 0.6) is 0 Å². The number of likely N-dealkylation sites (tertiary alicyclic amines) is 1. The lowest BCUT2D eigenvalue weighted by molar-refractivity contribution is 0.113. The fraction of sp³-hybridized carbons (Fsp3) is 0.476. The van der Waals surface area contributed by atoms with Gasteiger partial charge in [0.1, 0.15) is 11.8 Å². The van der Waals surface area contributed by atoms with Crippen LogP contribution >= 0.6 is 15.9 Å². The molecule has 2 aromatic heterocycles. The number of hydrogen-bond donors (Lipinski definition) is 2. The van der Waals surface area contributed by atoms with Gasteiger partial charge in [-0.1, -0.05) is 15.9 Å². The highest BCUT2D eigenvalue weighted by Gasteiger charge is 2.30. The first-order valence-corrected chi connectivity index (χ1v) is 11.4. The number of nitrogens with one attached hydrogen (secondary N) is 1. The maximum Gasteiger partial charge on any atom is 0.335 e. The number of halogens is 1. The van der Waals surface area contributed by atoms with E-state index in [1.165, 1.54) is 19.2 Å². The molecule has 0 radical (unpaired) electrons. The monoisotopic (exact) mass is 471 g/mol. The molecule has 9 heteroatoms. The second-order valence-electron chi connectivity index (χ2n) is 8.14. The Morgan fingerprint density at radius 3 is 2.40 bits per heavy atom. The Morgan fingerprint density at radius 2 is 1.70 bits per heavy atom. The van der Waals surface area contributed by atoms with Crippen LogP contribution in [-0.2, 0) is 0 Å². The van der Waals surface area contributed by atoms with Crippen LogP contribution in [0.4, 0.5) is 5.82 Å². The van der Waals surface area contributed by atoms with Gasteiger partial charge in [-0.05, 0) is 63.0 Å². The van der Waals surface area contributed by atoms with Gasteiger partial charge in [0.15, 0.2) is 11.5 Å². The molecule has 1 aromatic carbocycles. The molecule has 0 atom stereocenters. The Balaban J connectivity index is 1.51. The Kier molecular flexibility index (Phi) is 5.34. The van der Waals surface area contributed by atoms with Crippen molar-refractivity contribution in [2.24, 2.45) is 0 Å². The number of nitrogens with zero attached hydrogens (tertiary/aromatic N) is 5. The van der Waals surface area contributed by atoms with Gasteiger partial charge in [0.05, 0.1) is 5.69 Å². The number of benzene rings is 1. The standard InChI is InChI=1S/C21H26BrN7O/c22-14-1-3-16(4-2-14)28-18-19(23)25-13-26-20(18)29(21(28)30)17-7-11-27(12-8-17)15-5-9-24-10-6-15/h1-4,13,15,17,24H,5-12H2,(H2,23,25,26). The molecule has 4 heterocycles. The molecule has 0 bridgehead atoms. The number of nitrogen functional groups attached to an aromatic ring is 1. The topological polar surface area (TPSA) is 94.0 Å². The number of rotatable bonds is 3. The highest BCUT2D eigenvalue weighted by atomic mass is 79.9. The van der Waals surface area contributed by atoms with Crippen molar-refractivity contribution < 1.29 is 0 Å². The van der Waals surface area contributed by atoms with Gasteiger partial charge in [-0.25, -0.2) is 14.8 Å². The third-order valence-electron chi connectivity index (χ3n) is 6.45. The number of fused-ring (bicyclic) bond motifs is 1. The Bertz CT molecular complexity index is 1090. The SMILES string of the molecule is Nc1ncnc2c1n(-c1ccc(Br)cc1)c(=O)n2C1CCN(C2CCNCC2)CC1. The number of anilines is 1. The van der Waals surface area contributed by atoms with Crippen molar-refractivity contribution in [2.75, 3.05) is 31.9 Å². The maximum atomic E-state index is 13.6. The second kappa shape index (κ2) is 8.13. The Labute approximate surface area is 183 Å². The summed E-state index contributed by atoms with van der Waals surface area (Å²) >= 11 is 3.46. The normalized spacial score (nSPS) is 19.5. The quantitative estimate of drug-likeness (QED) is 0.608. The number of aromatic nitrogens is 4. The van der Waals surface area contributed by atoms with Crippen molar-refractivity contribution >= 4 is 32.9 Å². The van der Waals surface area contributed by atoms with Gasteiger partial charge in [-0.15, -0.1) is 0 Å². The highest BCUT2D eigenvalue weighted by Crippen LogP contribution is 2.29. The van der Waals surface area contributed by atoms with Crippen LogP contribution in [-0.4, -0.2) is 56.2 Å². The molecule has 2 saturated heterocycles. The molecule has 0 saturated carbocycles. The van der Waals surface area contributed by atoms with Gasteiger partial charge >= 0.3 is 5.69 Å². The van der Waals surface area contributed by atoms with Crippen molar-refractivity contribution in [3.05, 3.63) is 45.5 Å². The number of piperidine rings is 2. The van der Waals surface area contributed by atoms with E-state index >= 15 is 0 Å². The average molecular weight is 472 g/mol. The van der Waals surface area contributed by atoms with Gasteiger partial charge in [0, 0.05) is 29.6 Å². The zero-order chi connectivity index (χ0) is 20.7. The first kappa shape index (κ1) is 19.7. The molecule has 5 rings (SSSR count). The molecule has 0 amide bonds. The predicted molar refractivity (Wildman–Crippen MR) is 121 cm³/mol. The van der Waals surface area contributed by atoms with E-state index in [1.54, 1.807) is 4.57 Å². The van der Waals surface area contributed by atoms with Gasteiger partial charge in [0.25, 0.3) is 0 Å². The average Bonchev–Trinajstić information content (AvgIpc) is 3.08. The van der Waals surface area contributed by atoms with Crippen molar-refractivity contribution in [1.29, 1.82) is 0 Å². The molecule has 3 aromatic rings. The summed E-state index contributed by atoms with van der Waals surface area (Å²) in [6.07, 6.45) is 5.73. The highest BCUT2D eigenvalue weighted by molar-refractivity contribution is 9.10. The van der Waals surface area contributed by atoms with Crippen molar-refractivity contribution in [1.82, 2.24) is 29.3 Å². The summed E-state index contributed by atoms with van der Waals surface area (Å²) < 4.78 is 4.45. The molecular weight excluding hydrogens is 446 g/mol. The summed E-state index contributed by atoms with van der Waals surface area (Å²) in [7, 11) is 0. The summed E-state index contributed by atoms with van der Waals surface area (Å²) in [5, 5.41) is 3.44. The molecular formula is C21H26BrN7O. The molecule has 0 unspecified atom stereocenters. The zero-order valence-corrected chi connectivity index (χ0v) is 18.4. The van der Waals surface area contributed by atoms with Crippen molar-refractivity contribution in [2.45, 2.75) is 37.8 Å². The smallest absolute Gasteiger partial charge is 0.335 e. The zero-order valence-electron chi connectivity index (χ0n) is 16.8. The van der Waals surface area contributed by atoms with E-state index in [4.69, 9.17) is 5.73 Å². The lowest BCUT2D eigenvalue weighted by Gasteiger charge is -2.39. The Hall–Kier alpha value is -2.23. The maximum absolute atomic E-state index is 13.6.